The second-order valence-corrected chi connectivity index (χ2v) is 6.85. The monoisotopic (exact) mass is 308 g/mol. The largest absolute Gasteiger partial charge is 0.465 e. The van der Waals surface area contributed by atoms with Gasteiger partial charge in [0.05, 0.1) is 17.9 Å². The quantitative estimate of drug-likeness (QED) is 0.729. The molecule has 2 aliphatic heterocycles. The smallest absolute Gasteiger partial charge is 0.155 e. The average molecular weight is 308 g/mol. The summed E-state index contributed by atoms with van der Waals surface area (Å²) in [6, 6.07) is 7.22. The number of rotatable bonds is 2. The van der Waals surface area contributed by atoms with E-state index >= 15 is 0 Å². The molecule has 5 heterocycles. The fourth-order valence-electron chi connectivity index (χ4n) is 4.29. The lowest BCUT2D eigenvalue weighted by Crippen LogP contribution is -2.38. The molecule has 0 unspecified atom stereocenters. The summed E-state index contributed by atoms with van der Waals surface area (Å²) in [5, 5.41) is 4.65. The number of fused-ring (bicyclic) bond motifs is 6. The maximum Gasteiger partial charge on any atom is 0.155 e. The van der Waals surface area contributed by atoms with Crippen LogP contribution in [0, 0.1) is 13.8 Å². The second kappa shape index (κ2) is 4.68. The summed E-state index contributed by atoms with van der Waals surface area (Å²) in [7, 11) is 0. The number of nitrogens with zero attached hydrogens (tertiary/aromatic N) is 4. The number of aryl methyl sites for hydroxylation is 2. The Morgan fingerprint density at radius 3 is 3.00 bits per heavy atom. The van der Waals surface area contributed by atoms with Gasteiger partial charge in [0.1, 0.15) is 11.5 Å². The van der Waals surface area contributed by atoms with Crippen molar-refractivity contribution in [1.82, 2.24) is 19.5 Å². The van der Waals surface area contributed by atoms with Crippen molar-refractivity contribution < 1.29 is 4.42 Å². The minimum Gasteiger partial charge on any atom is -0.465 e. The van der Waals surface area contributed by atoms with Gasteiger partial charge in [-0.1, -0.05) is 0 Å². The molecule has 0 aliphatic carbocycles. The summed E-state index contributed by atoms with van der Waals surface area (Å²) in [5.41, 5.74) is 4.70. The van der Waals surface area contributed by atoms with Crippen LogP contribution >= 0.6 is 0 Å². The van der Waals surface area contributed by atoms with Crippen molar-refractivity contribution in [3.05, 3.63) is 52.9 Å². The van der Waals surface area contributed by atoms with E-state index in [-0.39, 0.29) is 0 Å². The Bertz CT molecular complexity index is 894. The van der Waals surface area contributed by atoms with Crippen LogP contribution in [0.4, 0.5) is 0 Å². The molecule has 0 saturated carbocycles. The van der Waals surface area contributed by atoms with E-state index in [2.05, 4.69) is 37.8 Å². The molecule has 1 fully saturated rings. The van der Waals surface area contributed by atoms with Gasteiger partial charge in [-0.3, -0.25) is 4.90 Å². The van der Waals surface area contributed by atoms with Crippen LogP contribution in [0.3, 0.4) is 0 Å². The Hall–Kier alpha value is -2.14. The third-order valence-corrected chi connectivity index (χ3v) is 5.30. The van der Waals surface area contributed by atoms with Crippen LogP contribution in [0.1, 0.15) is 47.4 Å². The molecule has 5 heteroatoms. The molecular formula is C18H20N4O. The SMILES string of the molecule is Cc1cc2ncc3c(n2n1)C[C@@H]1CC[C@H]3N1Cc1ccc(C)o1. The fraction of sp³-hybridized carbons (Fsp3) is 0.444. The third kappa shape index (κ3) is 1.96. The summed E-state index contributed by atoms with van der Waals surface area (Å²) >= 11 is 0. The molecule has 2 aliphatic rings. The lowest BCUT2D eigenvalue weighted by Gasteiger charge is -2.35. The van der Waals surface area contributed by atoms with Crippen LogP contribution < -0.4 is 0 Å². The lowest BCUT2D eigenvalue weighted by molar-refractivity contribution is 0.152. The Morgan fingerprint density at radius 2 is 2.17 bits per heavy atom. The minimum atomic E-state index is 0.440. The van der Waals surface area contributed by atoms with Crippen LogP contribution in [0.25, 0.3) is 5.65 Å². The molecule has 0 N–H and O–H groups in total. The van der Waals surface area contributed by atoms with E-state index in [1.165, 1.54) is 24.1 Å². The zero-order chi connectivity index (χ0) is 15.6. The topological polar surface area (TPSA) is 46.6 Å². The highest BCUT2D eigenvalue weighted by atomic mass is 16.3. The number of hydrogen-bond acceptors (Lipinski definition) is 4. The Kier molecular flexibility index (Phi) is 2.71. The first-order valence-electron chi connectivity index (χ1n) is 8.34. The van der Waals surface area contributed by atoms with Gasteiger partial charge in [-0.25, -0.2) is 9.50 Å². The van der Waals surface area contributed by atoms with Crippen molar-refractivity contribution in [2.75, 3.05) is 0 Å². The molecule has 3 aromatic rings. The summed E-state index contributed by atoms with van der Waals surface area (Å²) in [5.74, 6) is 2.05. The first-order valence-corrected chi connectivity index (χ1v) is 8.34. The van der Waals surface area contributed by atoms with Crippen molar-refractivity contribution in [3.8, 4) is 0 Å². The summed E-state index contributed by atoms with van der Waals surface area (Å²) in [6.07, 6.45) is 5.55. The number of aromatic nitrogens is 3. The van der Waals surface area contributed by atoms with E-state index in [0.29, 0.717) is 12.1 Å². The molecule has 5 rings (SSSR count). The van der Waals surface area contributed by atoms with E-state index in [1.807, 2.05) is 19.9 Å². The van der Waals surface area contributed by atoms with Gasteiger partial charge in [-0.15, -0.1) is 0 Å². The number of hydrogen-bond donors (Lipinski definition) is 0. The normalized spacial score (nSPS) is 23.6. The Morgan fingerprint density at radius 1 is 1.26 bits per heavy atom. The maximum absolute atomic E-state index is 5.80. The van der Waals surface area contributed by atoms with Crippen LogP contribution in [0.5, 0.6) is 0 Å². The molecule has 23 heavy (non-hydrogen) atoms. The first-order chi connectivity index (χ1) is 11.2. The molecular weight excluding hydrogens is 288 g/mol. The highest BCUT2D eigenvalue weighted by molar-refractivity contribution is 5.44. The molecule has 1 saturated heterocycles. The molecule has 5 nitrogen and oxygen atoms in total. The number of furan rings is 1. The Labute approximate surface area is 134 Å². The predicted octanol–water partition coefficient (Wildman–Crippen LogP) is 3.20. The summed E-state index contributed by atoms with van der Waals surface area (Å²) in [6.45, 7) is 4.92. The van der Waals surface area contributed by atoms with Crippen LogP contribution in [-0.4, -0.2) is 25.5 Å². The van der Waals surface area contributed by atoms with Crippen LogP contribution in [0.15, 0.2) is 28.8 Å². The van der Waals surface area contributed by atoms with Crippen molar-refractivity contribution in [2.45, 2.75) is 51.7 Å². The van der Waals surface area contributed by atoms with Crippen LogP contribution in [-0.2, 0) is 13.0 Å². The third-order valence-electron chi connectivity index (χ3n) is 5.30. The van der Waals surface area contributed by atoms with E-state index in [9.17, 15) is 0 Å². The standard InChI is InChI=1S/C18H20N4O/c1-11-7-18-19-9-15-16-6-4-13(8-17(15)22(18)20-11)21(16)10-14-5-3-12(2)23-14/h3,5,7,9,13,16H,4,6,8,10H2,1-2H3/t13-,16+/m0/s1. The fourth-order valence-corrected chi connectivity index (χ4v) is 4.29. The van der Waals surface area contributed by atoms with Gasteiger partial charge in [0, 0.05) is 36.3 Å². The van der Waals surface area contributed by atoms with Crippen LogP contribution in [0.2, 0.25) is 0 Å². The molecule has 2 bridgehead atoms. The highest BCUT2D eigenvalue weighted by Crippen LogP contribution is 2.44. The summed E-state index contributed by atoms with van der Waals surface area (Å²) < 4.78 is 7.86. The maximum atomic E-state index is 5.80. The first kappa shape index (κ1) is 13.3. The van der Waals surface area contributed by atoms with Gasteiger partial charge in [0.2, 0.25) is 0 Å². The van der Waals surface area contributed by atoms with Gasteiger partial charge >= 0.3 is 0 Å². The molecule has 0 spiro atoms. The van der Waals surface area contributed by atoms with E-state index in [0.717, 1.165) is 35.8 Å². The Balaban J connectivity index is 1.56. The minimum absolute atomic E-state index is 0.440. The second-order valence-electron chi connectivity index (χ2n) is 6.85. The molecule has 0 amide bonds. The van der Waals surface area contributed by atoms with Crippen molar-refractivity contribution >= 4 is 5.65 Å². The van der Waals surface area contributed by atoms with Crippen molar-refractivity contribution in [1.29, 1.82) is 0 Å². The summed E-state index contributed by atoms with van der Waals surface area (Å²) in [4.78, 5) is 7.22. The van der Waals surface area contributed by atoms with Gasteiger partial charge in [0.15, 0.2) is 5.65 Å². The lowest BCUT2D eigenvalue weighted by atomic mass is 9.99. The molecule has 0 aromatic carbocycles. The van der Waals surface area contributed by atoms with Gasteiger partial charge in [-0.2, -0.15) is 5.10 Å². The zero-order valence-corrected chi connectivity index (χ0v) is 13.5. The zero-order valence-electron chi connectivity index (χ0n) is 13.5. The highest BCUT2D eigenvalue weighted by Gasteiger charge is 2.41. The van der Waals surface area contributed by atoms with E-state index < -0.39 is 0 Å². The van der Waals surface area contributed by atoms with Crippen molar-refractivity contribution in [2.24, 2.45) is 0 Å². The van der Waals surface area contributed by atoms with Crippen molar-refractivity contribution in [3.63, 3.8) is 0 Å². The molecule has 2 atom stereocenters. The van der Waals surface area contributed by atoms with Gasteiger partial charge in [0.25, 0.3) is 0 Å². The van der Waals surface area contributed by atoms with Gasteiger partial charge < -0.3 is 4.42 Å². The van der Waals surface area contributed by atoms with E-state index in [1.54, 1.807) is 0 Å². The average Bonchev–Trinajstić information content (AvgIpc) is 3.17. The molecule has 0 radical (unpaired) electrons. The van der Waals surface area contributed by atoms with Gasteiger partial charge in [-0.05, 0) is 38.8 Å². The molecule has 3 aromatic heterocycles. The van der Waals surface area contributed by atoms with E-state index in [4.69, 9.17) is 4.42 Å². The molecule has 118 valence electrons. The predicted molar refractivity (Wildman–Crippen MR) is 86.2 cm³/mol.